The van der Waals surface area contributed by atoms with E-state index in [0.29, 0.717) is 12.4 Å². The summed E-state index contributed by atoms with van der Waals surface area (Å²) in [4.78, 5) is 4.17. The lowest BCUT2D eigenvalue weighted by molar-refractivity contribution is 0.939. The van der Waals surface area contributed by atoms with Crippen LogP contribution in [0.2, 0.25) is 0 Å². The summed E-state index contributed by atoms with van der Waals surface area (Å²) in [7, 11) is 1.82. The summed E-state index contributed by atoms with van der Waals surface area (Å²) < 4.78 is 0. The molecular weight excluding hydrogens is 164 g/mol. The molecule has 13 heavy (non-hydrogen) atoms. The Balaban J connectivity index is 2.73. The minimum Gasteiger partial charge on any atom is -0.399 e. The zero-order valence-electron chi connectivity index (χ0n) is 7.62. The number of hydrogen-bond donors (Lipinski definition) is 3. The van der Waals surface area contributed by atoms with Crippen molar-refractivity contribution in [3.05, 3.63) is 24.3 Å². The number of likely N-dealkylation sites (N-methyl/N-ethyl adjacent to an activating group) is 1. The largest absolute Gasteiger partial charge is 0.399 e. The number of amidine groups is 1. The number of nitrogens with zero attached hydrogens (tertiary/aromatic N) is 1. The van der Waals surface area contributed by atoms with E-state index < -0.39 is 0 Å². The van der Waals surface area contributed by atoms with Crippen LogP contribution in [0.25, 0.3) is 0 Å². The van der Waals surface area contributed by atoms with E-state index in [1.54, 1.807) is 12.1 Å². The summed E-state index contributed by atoms with van der Waals surface area (Å²) in [6.45, 7) is 0.588. The maximum absolute atomic E-state index is 5.61. The average molecular weight is 178 g/mol. The van der Waals surface area contributed by atoms with Gasteiger partial charge in [0, 0.05) is 5.69 Å². The van der Waals surface area contributed by atoms with Crippen molar-refractivity contribution in [1.82, 2.24) is 5.32 Å². The molecule has 0 heterocycles. The lowest BCUT2D eigenvalue weighted by Gasteiger charge is -1.99. The topological polar surface area (TPSA) is 76.4 Å². The molecule has 0 aliphatic heterocycles. The van der Waals surface area contributed by atoms with Gasteiger partial charge in [-0.15, -0.1) is 0 Å². The molecule has 0 aliphatic rings. The zero-order chi connectivity index (χ0) is 9.68. The van der Waals surface area contributed by atoms with Crippen molar-refractivity contribution in [3.8, 4) is 0 Å². The molecule has 70 valence electrons. The maximum Gasteiger partial charge on any atom is 0.114 e. The van der Waals surface area contributed by atoms with Gasteiger partial charge in [-0.05, 0) is 31.3 Å². The number of hydrogen-bond acceptors (Lipinski definition) is 3. The molecule has 0 saturated heterocycles. The third kappa shape index (κ3) is 3.13. The quantitative estimate of drug-likeness (QED) is 0.358. The van der Waals surface area contributed by atoms with Crippen molar-refractivity contribution in [2.45, 2.75) is 0 Å². The van der Waals surface area contributed by atoms with Crippen molar-refractivity contribution in [2.24, 2.45) is 10.7 Å². The number of nitrogens with two attached hydrogens (primary N) is 2. The van der Waals surface area contributed by atoms with E-state index in [1.807, 2.05) is 19.2 Å². The van der Waals surface area contributed by atoms with E-state index in [1.165, 1.54) is 0 Å². The number of aliphatic imine (C=N–C) groups is 1. The lowest BCUT2D eigenvalue weighted by Crippen LogP contribution is -2.25. The monoisotopic (exact) mass is 178 g/mol. The van der Waals surface area contributed by atoms with E-state index in [0.717, 1.165) is 11.4 Å². The van der Waals surface area contributed by atoms with Crippen molar-refractivity contribution >= 4 is 17.2 Å². The number of benzene rings is 1. The molecular formula is C9H14N4. The highest BCUT2D eigenvalue weighted by atomic mass is 14.9. The fraction of sp³-hybridized carbons (Fsp3) is 0.222. The van der Waals surface area contributed by atoms with Crippen LogP contribution in [0.4, 0.5) is 11.4 Å². The van der Waals surface area contributed by atoms with E-state index in [4.69, 9.17) is 11.5 Å². The molecule has 0 aromatic heterocycles. The molecule has 0 bridgehead atoms. The third-order valence-electron chi connectivity index (χ3n) is 1.52. The zero-order valence-corrected chi connectivity index (χ0v) is 7.62. The highest BCUT2D eigenvalue weighted by Gasteiger charge is 1.91. The summed E-state index contributed by atoms with van der Waals surface area (Å²) >= 11 is 0. The molecule has 1 aromatic rings. The van der Waals surface area contributed by atoms with Crippen LogP contribution in [0.3, 0.4) is 0 Å². The Kier molecular flexibility index (Phi) is 3.28. The van der Waals surface area contributed by atoms with Crippen LogP contribution >= 0.6 is 0 Å². The molecule has 0 atom stereocenters. The van der Waals surface area contributed by atoms with Gasteiger partial charge in [0.25, 0.3) is 0 Å². The molecule has 0 unspecified atom stereocenters. The van der Waals surface area contributed by atoms with Crippen LogP contribution < -0.4 is 16.8 Å². The van der Waals surface area contributed by atoms with Gasteiger partial charge < -0.3 is 16.8 Å². The first-order valence-electron chi connectivity index (χ1n) is 4.05. The second-order valence-electron chi connectivity index (χ2n) is 2.73. The number of rotatable bonds is 3. The molecule has 0 amide bonds. The van der Waals surface area contributed by atoms with E-state index >= 15 is 0 Å². The molecule has 0 saturated carbocycles. The van der Waals surface area contributed by atoms with Gasteiger partial charge in [0.05, 0.1) is 12.2 Å². The Morgan fingerprint density at radius 3 is 2.54 bits per heavy atom. The van der Waals surface area contributed by atoms with Gasteiger partial charge in [0.2, 0.25) is 0 Å². The first-order chi connectivity index (χ1) is 6.22. The highest BCUT2D eigenvalue weighted by molar-refractivity contribution is 5.84. The first-order valence-corrected chi connectivity index (χ1v) is 4.05. The van der Waals surface area contributed by atoms with Crippen LogP contribution in [0, 0.1) is 0 Å². The minimum atomic E-state index is 0.562. The van der Waals surface area contributed by atoms with Crippen molar-refractivity contribution in [1.29, 1.82) is 0 Å². The Labute approximate surface area is 77.7 Å². The fourth-order valence-corrected chi connectivity index (χ4v) is 0.935. The second kappa shape index (κ2) is 4.47. The second-order valence-corrected chi connectivity index (χ2v) is 2.73. The summed E-state index contributed by atoms with van der Waals surface area (Å²) in [5, 5.41) is 2.92. The standard InChI is InChI=1S/C9H14N4/c1-12-6-9(11)13-8-4-2-7(10)3-5-8/h2-5,12H,6,10H2,1H3,(H2,11,13). The molecule has 0 fully saturated rings. The normalized spacial score (nSPS) is 11.6. The molecule has 0 radical (unpaired) electrons. The predicted molar refractivity (Wildman–Crippen MR) is 56.1 cm³/mol. The molecule has 4 nitrogen and oxygen atoms in total. The van der Waals surface area contributed by atoms with Gasteiger partial charge in [0.15, 0.2) is 0 Å². The van der Waals surface area contributed by atoms with Gasteiger partial charge in [-0.3, -0.25) is 0 Å². The van der Waals surface area contributed by atoms with E-state index in [2.05, 4.69) is 10.3 Å². The van der Waals surface area contributed by atoms with Gasteiger partial charge >= 0.3 is 0 Å². The molecule has 1 rings (SSSR count). The van der Waals surface area contributed by atoms with Gasteiger partial charge in [-0.1, -0.05) is 0 Å². The SMILES string of the molecule is CNCC(N)=Nc1ccc(N)cc1. The smallest absolute Gasteiger partial charge is 0.114 e. The Bertz CT molecular complexity index is 289. The van der Waals surface area contributed by atoms with Crippen molar-refractivity contribution in [2.75, 3.05) is 19.3 Å². The van der Waals surface area contributed by atoms with Crippen LogP contribution in [0.15, 0.2) is 29.3 Å². The maximum atomic E-state index is 5.61. The summed E-state index contributed by atoms with van der Waals surface area (Å²) in [5.41, 5.74) is 12.7. The Morgan fingerprint density at radius 1 is 1.38 bits per heavy atom. The Hall–Kier alpha value is -1.55. The van der Waals surface area contributed by atoms with E-state index in [-0.39, 0.29) is 0 Å². The average Bonchev–Trinajstić information content (AvgIpc) is 2.09. The summed E-state index contributed by atoms with van der Waals surface area (Å²) in [6, 6.07) is 7.26. The van der Waals surface area contributed by atoms with Crippen molar-refractivity contribution in [3.63, 3.8) is 0 Å². The fourth-order valence-electron chi connectivity index (χ4n) is 0.935. The number of anilines is 1. The predicted octanol–water partition coefficient (Wildman–Crippen LogP) is 0.477. The first kappa shape index (κ1) is 9.54. The molecule has 0 aliphatic carbocycles. The molecule has 0 spiro atoms. The van der Waals surface area contributed by atoms with Gasteiger partial charge in [-0.25, -0.2) is 4.99 Å². The van der Waals surface area contributed by atoms with Crippen LogP contribution in [-0.2, 0) is 0 Å². The molecule has 4 heteroatoms. The van der Waals surface area contributed by atoms with Crippen LogP contribution in [0.1, 0.15) is 0 Å². The van der Waals surface area contributed by atoms with E-state index in [9.17, 15) is 0 Å². The summed E-state index contributed by atoms with van der Waals surface area (Å²) in [5.74, 6) is 0.562. The van der Waals surface area contributed by atoms with Crippen LogP contribution in [-0.4, -0.2) is 19.4 Å². The highest BCUT2D eigenvalue weighted by Crippen LogP contribution is 2.13. The van der Waals surface area contributed by atoms with Crippen molar-refractivity contribution < 1.29 is 0 Å². The lowest BCUT2D eigenvalue weighted by atomic mass is 10.3. The number of nitrogen functional groups attached to an aromatic ring is 1. The Morgan fingerprint density at radius 2 is 2.00 bits per heavy atom. The van der Waals surface area contributed by atoms with Gasteiger partial charge in [0.1, 0.15) is 5.84 Å². The third-order valence-corrected chi connectivity index (χ3v) is 1.52. The summed E-state index contributed by atoms with van der Waals surface area (Å²) in [6.07, 6.45) is 0. The minimum absolute atomic E-state index is 0.562. The van der Waals surface area contributed by atoms with Crippen LogP contribution in [0.5, 0.6) is 0 Å². The molecule has 5 N–H and O–H groups in total. The molecule has 1 aromatic carbocycles. The van der Waals surface area contributed by atoms with Gasteiger partial charge in [-0.2, -0.15) is 0 Å². The number of nitrogens with one attached hydrogen (secondary N) is 1.